The summed E-state index contributed by atoms with van der Waals surface area (Å²) in [5, 5.41) is 6.83. The van der Waals surface area contributed by atoms with E-state index in [1.54, 1.807) is 7.11 Å². The normalized spacial score (nSPS) is 15.4. The maximum Gasteiger partial charge on any atom is 0.252 e. The zero-order chi connectivity index (χ0) is 19.4. The molecule has 1 N–H and O–H groups in total. The second-order valence-corrected chi connectivity index (χ2v) is 8.19. The van der Waals surface area contributed by atoms with Gasteiger partial charge in [-0.3, -0.25) is 9.59 Å². The molecule has 0 aliphatic carbocycles. The molecule has 1 aromatic carbocycles. The number of nitrogens with zero attached hydrogens (tertiary/aromatic N) is 1. The molecule has 144 valence electrons. The van der Waals surface area contributed by atoms with Gasteiger partial charge in [0, 0.05) is 30.1 Å². The van der Waals surface area contributed by atoms with Crippen molar-refractivity contribution in [3.05, 3.63) is 52.2 Å². The van der Waals surface area contributed by atoms with Gasteiger partial charge in [-0.05, 0) is 55.8 Å². The second-order valence-electron chi connectivity index (χ2n) is 7.41. The minimum absolute atomic E-state index is 0.0282. The van der Waals surface area contributed by atoms with E-state index in [4.69, 9.17) is 4.74 Å². The highest BCUT2D eigenvalue weighted by atomic mass is 32.1. The summed E-state index contributed by atoms with van der Waals surface area (Å²) in [5.41, 5.74) is 1.08. The van der Waals surface area contributed by atoms with E-state index in [-0.39, 0.29) is 17.9 Å². The fraction of sp³-hybridized carbons (Fsp3) is 0.429. The van der Waals surface area contributed by atoms with Gasteiger partial charge in [0.2, 0.25) is 5.91 Å². The van der Waals surface area contributed by atoms with Crippen LogP contribution in [-0.4, -0.2) is 43.0 Å². The Morgan fingerprint density at radius 3 is 2.37 bits per heavy atom. The quantitative estimate of drug-likeness (QED) is 0.856. The molecule has 0 saturated carbocycles. The molecule has 0 spiro atoms. The number of methoxy groups -OCH3 is 1. The van der Waals surface area contributed by atoms with Gasteiger partial charge in [0.25, 0.3) is 5.91 Å². The molecule has 27 heavy (non-hydrogen) atoms. The molecule has 1 fully saturated rings. The number of piperidine rings is 1. The molecule has 1 saturated heterocycles. The van der Waals surface area contributed by atoms with Crippen LogP contribution < -0.4 is 10.1 Å². The molecule has 0 radical (unpaired) electrons. The standard InChI is InChI=1S/C21H26N2O3S/c1-21(2,16-4-6-18(26-3)7-5-16)20(25)23-11-8-17(9-12-23)22-19(24)15-10-13-27-14-15/h4-7,10,13-14,17H,8-9,11-12H2,1-3H3,(H,22,24). The number of nitrogens with one attached hydrogen (secondary N) is 1. The zero-order valence-electron chi connectivity index (χ0n) is 16.0. The number of ether oxygens (including phenoxy) is 1. The van der Waals surface area contributed by atoms with Gasteiger partial charge in [0.15, 0.2) is 0 Å². The molecule has 5 nitrogen and oxygen atoms in total. The van der Waals surface area contributed by atoms with Crippen molar-refractivity contribution in [2.24, 2.45) is 0 Å². The molecule has 2 aromatic rings. The monoisotopic (exact) mass is 386 g/mol. The number of hydrogen-bond acceptors (Lipinski definition) is 4. The summed E-state index contributed by atoms with van der Waals surface area (Å²) in [5.74, 6) is 0.874. The lowest BCUT2D eigenvalue weighted by molar-refractivity contribution is -0.137. The van der Waals surface area contributed by atoms with Crippen LogP contribution in [0.5, 0.6) is 5.75 Å². The van der Waals surface area contributed by atoms with E-state index in [2.05, 4.69) is 5.32 Å². The van der Waals surface area contributed by atoms with E-state index in [1.807, 2.05) is 59.8 Å². The van der Waals surface area contributed by atoms with Gasteiger partial charge >= 0.3 is 0 Å². The van der Waals surface area contributed by atoms with E-state index < -0.39 is 5.41 Å². The van der Waals surface area contributed by atoms with E-state index in [9.17, 15) is 9.59 Å². The number of hydrogen-bond donors (Lipinski definition) is 1. The molecule has 6 heteroatoms. The van der Waals surface area contributed by atoms with Gasteiger partial charge in [0.1, 0.15) is 5.75 Å². The number of likely N-dealkylation sites (tertiary alicyclic amines) is 1. The third-order valence-corrected chi connectivity index (χ3v) is 5.93. The maximum atomic E-state index is 13.1. The average molecular weight is 387 g/mol. The van der Waals surface area contributed by atoms with Crippen LogP contribution in [0.3, 0.4) is 0 Å². The number of thiophene rings is 1. The number of amides is 2. The van der Waals surface area contributed by atoms with Crippen molar-refractivity contribution in [1.82, 2.24) is 10.2 Å². The molecule has 2 amide bonds. The number of benzene rings is 1. The summed E-state index contributed by atoms with van der Waals surface area (Å²) >= 11 is 1.52. The van der Waals surface area contributed by atoms with Gasteiger partial charge in [-0.2, -0.15) is 11.3 Å². The largest absolute Gasteiger partial charge is 0.497 e. The van der Waals surface area contributed by atoms with Gasteiger partial charge in [0.05, 0.1) is 12.5 Å². The molecule has 3 rings (SSSR count). The van der Waals surface area contributed by atoms with E-state index in [0.29, 0.717) is 18.7 Å². The van der Waals surface area contributed by atoms with Crippen LogP contribution in [0.4, 0.5) is 0 Å². The minimum Gasteiger partial charge on any atom is -0.497 e. The predicted molar refractivity (Wildman–Crippen MR) is 107 cm³/mol. The van der Waals surface area contributed by atoms with Crippen LogP contribution in [0.25, 0.3) is 0 Å². The molecule has 1 aromatic heterocycles. The number of rotatable bonds is 5. The molecule has 0 unspecified atom stereocenters. The highest BCUT2D eigenvalue weighted by Gasteiger charge is 2.35. The first kappa shape index (κ1) is 19.4. The molecule has 1 aliphatic heterocycles. The van der Waals surface area contributed by atoms with Crippen LogP contribution in [-0.2, 0) is 10.2 Å². The first-order valence-electron chi connectivity index (χ1n) is 9.19. The third kappa shape index (κ3) is 4.33. The van der Waals surface area contributed by atoms with Crippen LogP contribution >= 0.6 is 11.3 Å². The highest BCUT2D eigenvalue weighted by molar-refractivity contribution is 7.08. The first-order valence-corrected chi connectivity index (χ1v) is 10.1. The van der Waals surface area contributed by atoms with Crippen LogP contribution in [0.1, 0.15) is 42.6 Å². The average Bonchev–Trinajstić information content (AvgIpc) is 3.23. The van der Waals surface area contributed by atoms with Crippen molar-refractivity contribution in [3.8, 4) is 5.75 Å². The van der Waals surface area contributed by atoms with Gasteiger partial charge < -0.3 is 15.0 Å². The van der Waals surface area contributed by atoms with E-state index >= 15 is 0 Å². The molecular formula is C21H26N2O3S. The Morgan fingerprint density at radius 2 is 1.81 bits per heavy atom. The summed E-state index contributed by atoms with van der Waals surface area (Å²) in [6, 6.07) is 9.61. The van der Waals surface area contributed by atoms with Crippen molar-refractivity contribution in [2.75, 3.05) is 20.2 Å². The molecule has 2 heterocycles. The number of carbonyl (C=O) groups excluding carboxylic acids is 2. The fourth-order valence-electron chi connectivity index (χ4n) is 3.42. The van der Waals surface area contributed by atoms with Crippen molar-refractivity contribution < 1.29 is 14.3 Å². The van der Waals surface area contributed by atoms with Gasteiger partial charge in [-0.1, -0.05) is 12.1 Å². The SMILES string of the molecule is COc1ccc(C(C)(C)C(=O)N2CCC(NC(=O)c3ccsc3)CC2)cc1. The van der Waals surface area contributed by atoms with Gasteiger partial charge in [-0.15, -0.1) is 0 Å². The molecule has 0 bridgehead atoms. The Kier molecular flexibility index (Phi) is 5.85. The smallest absolute Gasteiger partial charge is 0.252 e. The highest BCUT2D eigenvalue weighted by Crippen LogP contribution is 2.28. The fourth-order valence-corrected chi connectivity index (χ4v) is 4.05. The summed E-state index contributed by atoms with van der Waals surface area (Å²) in [4.78, 5) is 27.2. The predicted octanol–water partition coefficient (Wildman–Crippen LogP) is 3.46. The van der Waals surface area contributed by atoms with Crippen LogP contribution in [0.15, 0.2) is 41.1 Å². The summed E-state index contributed by atoms with van der Waals surface area (Å²) < 4.78 is 5.20. The molecular weight excluding hydrogens is 360 g/mol. The molecule has 0 atom stereocenters. The van der Waals surface area contributed by atoms with Crippen LogP contribution in [0.2, 0.25) is 0 Å². The Labute approximate surface area is 164 Å². The summed E-state index contributed by atoms with van der Waals surface area (Å²) in [6.45, 7) is 5.24. The Balaban J connectivity index is 1.57. The van der Waals surface area contributed by atoms with Gasteiger partial charge in [-0.25, -0.2) is 0 Å². The number of carbonyl (C=O) groups is 2. The van der Waals surface area contributed by atoms with E-state index in [0.717, 1.165) is 24.2 Å². The Hall–Kier alpha value is -2.34. The minimum atomic E-state index is -0.598. The van der Waals surface area contributed by atoms with Crippen molar-refractivity contribution in [2.45, 2.75) is 38.1 Å². The van der Waals surface area contributed by atoms with Crippen molar-refractivity contribution >= 4 is 23.2 Å². The van der Waals surface area contributed by atoms with Crippen molar-refractivity contribution in [3.63, 3.8) is 0 Å². The third-order valence-electron chi connectivity index (χ3n) is 5.25. The lowest BCUT2D eigenvalue weighted by Gasteiger charge is -2.37. The first-order chi connectivity index (χ1) is 12.9. The zero-order valence-corrected chi connectivity index (χ0v) is 16.8. The van der Waals surface area contributed by atoms with Crippen molar-refractivity contribution in [1.29, 1.82) is 0 Å². The lowest BCUT2D eigenvalue weighted by Crippen LogP contribution is -2.50. The summed E-state index contributed by atoms with van der Waals surface area (Å²) in [6.07, 6.45) is 1.56. The second kappa shape index (κ2) is 8.13. The molecule has 1 aliphatic rings. The Morgan fingerprint density at radius 1 is 1.15 bits per heavy atom. The topological polar surface area (TPSA) is 58.6 Å². The maximum absolute atomic E-state index is 13.1. The van der Waals surface area contributed by atoms with E-state index in [1.165, 1.54) is 11.3 Å². The summed E-state index contributed by atoms with van der Waals surface area (Å²) in [7, 11) is 1.63. The Bertz CT molecular complexity index is 776. The van der Waals surface area contributed by atoms with Crippen LogP contribution in [0, 0.1) is 0 Å². The lowest BCUT2D eigenvalue weighted by atomic mass is 9.82.